The zero-order valence-corrected chi connectivity index (χ0v) is 18.0. The minimum absolute atomic E-state index is 0.377. The third-order valence-electron chi connectivity index (χ3n) is 6.60. The van der Waals surface area contributed by atoms with Crippen molar-refractivity contribution in [3.05, 3.63) is 51.4 Å². The number of imide groups is 1. The monoisotopic (exact) mass is 434 g/mol. The third kappa shape index (κ3) is 3.03. The largest absolute Gasteiger partial charge is 0.325 e. The maximum Gasteiger partial charge on any atom is 0.325 e. The second-order valence-electron chi connectivity index (χ2n) is 8.60. The highest BCUT2D eigenvalue weighted by molar-refractivity contribution is 7.16. The number of benzene rings is 1. The van der Waals surface area contributed by atoms with Gasteiger partial charge in [-0.2, -0.15) is 5.26 Å². The van der Waals surface area contributed by atoms with Gasteiger partial charge in [0.05, 0.1) is 5.56 Å². The number of thiophene rings is 1. The van der Waals surface area contributed by atoms with Gasteiger partial charge >= 0.3 is 6.03 Å². The van der Waals surface area contributed by atoms with Crippen LogP contribution in [-0.2, 0) is 34.4 Å². The number of rotatable bonds is 3. The third-order valence-corrected chi connectivity index (χ3v) is 7.77. The lowest BCUT2D eigenvalue weighted by molar-refractivity contribution is -0.134. The molecule has 8 heteroatoms. The van der Waals surface area contributed by atoms with Gasteiger partial charge in [-0.15, -0.1) is 11.3 Å². The van der Waals surface area contributed by atoms with Gasteiger partial charge in [-0.1, -0.05) is 31.2 Å². The number of nitriles is 1. The molecule has 0 saturated carbocycles. The van der Waals surface area contributed by atoms with Crippen LogP contribution in [0.25, 0.3) is 0 Å². The lowest BCUT2D eigenvalue weighted by Gasteiger charge is -2.22. The topological polar surface area (TPSA) is 102 Å². The van der Waals surface area contributed by atoms with Gasteiger partial charge in [0.25, 0.3) is 5.91 Å². The van der Waals surface area contributed by atoms with Crippen LogP contribution in [-0.4, -0.2) is 29.3 Å². The number of hydrogen-bond acceptors (Lipinski definition) is 5. The van der Waals surface area contributed by atoms with Crippen LogP contribution < -0.4 is 10.6 Å². The molecule has 5 rings (SSSR count). The molecule has 158 valence electrons. The van der Waals surface area contributed by atoms with Gasteiger partial charge in [0.1, 0.15) is 23.2 Å². The van der Waals surface area contributed by atoms with Crippen molar-refractivity contribution in [3.8, 4) is 6.07 Å². The Kier molecular flexibility index (Phi) is 4.59. The molecule has 1 saturated heterocycles. The Morgan fingerprint density at radius 1 is 1.35 bits per heavy atom. The molecular formula is C23H22N4O3S. The van der Waals surface area contributed by atoms with Gasteiger partial charge in [0.15, 0.2) is 0 Å². The van der Waals surface area contributed by atoms with Crippen LogP contribution in [0.5, 0.6) is 0 Å². The van der Waals surface area contributed by atoms with E-state index in [1.807, 2.05) is 24.3 Å². The van der Waals surface area contributed by atoms with Crippen molar-refractivity contribution in [1.29, 1.82) is 5.26 Å². The second kappa shape index (κ2) is 7.20. The molecule has 1 aromatic carbocycles. The number of hydrogen-bond donors (Lipinski definition) is 2. The number of nitrogens with zero attached hydrogens (tertiary/aromatic N) is 2. The Bertz CT molecular complexity index is 1160. The summed E-state index contributed by atoms with van der Waals surface area (Å²) < 4.78 is 0. The highest BCUT2D eigenvalue weighted by Gasteiger charge is 2.55. The number of nitrogens with one attached hydrogen (secondary N) is 2. The molecule has 0 radical (unpaired) electrons. The second-order valence-corrected chi connectivity index (χ2v) is 9.70. The van der Waals surface area contributed by atoms with E-state index in [4.69, 9.17) is 0 Å². The minimum Gasteiger partial charge on any atom is -0.319 e. The maximum atomic E-state index is 13.2. The average Bonchev–Trinajstić information content (AvgIpc) is 3.36. The van der Waals surface area contributed by atoms with Gasteiger partial charge in [0, 0.05) is 4.88 Å². The molecule has 0 bridgehead atoms. The van der Waals surface area contributed by atoms with Crippen molar-refractivity contribution in [2.24, 2.45) is 5.92 Å². The van der Waals surface area contributed by atoms with E-state index in [-0.39, 0.29) is 6.54 Å². The number of urea groups is 1. The molecule has 2 aliphatic carbocycles. The molecule has 2 atom stereocenters. The molecule has 2 aromatic rings. The zero-order valence-electron chi connectivity index (χ0n) is 17.2. The lowest BCUT2D eigenvalue weighted by atomic mass is 9.89. The van der Waals surface area contributed by atoms with E-state index in [1.54, 1.807) is 0 Å². The fourth-order valence-corrected chi connectivity index (χ4v) is 6.38. The average molecular weight is 435 g/mol. The van der Waals surface area contributed by atoms with E-state index < -0.39 is 23.4 Å². The fraction of sp³-hybridized carbons (Fsp3) is 0.391. The summed E-state index contributed by atoms with van der Waals surface area (Å²) in [6.45, 7) is 1.81. The van der Waals surface area contributed by atoms with Crippen molar-refractivity contribution in [3.63, 3.8) is 0 Å². The Morgan fingerprint density at radius 2 is 2.16 bits per heavy atom. The van der Waals surface area contributed by atoms with Crippen LogP contribution in [0.15, 0.2) is 24.3 Å². The van der Waals surface area contributed by atoms with E-state index in [9.17, 15) is 19.6 Å². The number of aryl methyl sites for hydroxylation is 1. The van der Waals surface area contributed by atoms with Crippen molar-refractivity contribution in [2.45, 2.75) is 44.6 Å². The maximum absolute atomic E-state index is 13.2. The molecule has 0 unspecified atom stereocenters. The zero-order chi connectivity index (χ0) is 21.8. The predicted octanol–water partition coefficient (Wildman–Crippen LogP) is 3.08. The van der Waals surface area contributed by atoms with E-state index in [1.165, 1.54) is 11.3 Å². The SMILES string of the molecule is C[C@H]1CCc2c(sc(NC(=O)CN3C(=O)N[C@@]4(CCc5ccccc54)C3=O)c2C#N)C1. The molecule has 2 N–H and O–H groups in total. The first kappa shape index (κ1) is 19.8. The Labute approximate surface area is 184 Å². The summed E-state index contributed by atoms with van der Waals surface area (Å²) >= 11 is 1.43. The van der Waals surface area contributed by atoms with Crippen LogP contribution in [0.3, 0.4) is 0 Å². The molecule has 1 aliphatic heterocycles. The van der Waals surface area contributed by atoms with Gasteiger partial charge in [-0.3, -0.25) is 14.5 Å². The van der Waals surface area contributed by atoms with Gasteiger partial charge in [-0.25, -0.2) is 4.79 Å². The quantitative estimate of drug-likeness (QED) is 0.725. The first-order chi connectivity index (χ1) is 14.9. The summed E-state index contributed by atoms with van der Waals surface area (Å²) in [6, 6.07) is 9.25. The summed E-state index contributed by atoms with van der Waals surface area (Å²) in [5, 5.41) is 15.7. The van der Waals surface area contributed by atoms with Gasteiger partial charge < -0.3 is 10.6 Å². The predicted molar refractivity (Wildman–Crippen MR) is 116 cm³/mol. The number of anilines is 1. The smallest absolute Gasteiger partial charge is 0.319 e. The molecule has 1 fully saturated rings. The van der Waals surface area contributed by atoms with Crippen molar-refractivity contribution >= 4 is 34.2 Å². The summed E-state index contributed by atoms with van der Waals surface area (Å²) in [7, 11) is 0. The number of carbonyl (C=O) groups is 3. The summed E-state index contributed by atoms with van der Waals surface area (Å²) in [5.74, 6) is -0.315. The van der Waals surface area contributed by atoms with Crippen LogP contribution >= 0.6 is 11.3 Å². The van der Waals surface area contributed by atoms with Crippen LogP contribution in [0, 0.1) is 17.2 Å². The Balaban J connectivity index is 1.35. The Morgan fingerprint density at radius 3 is 2.97 bits per heavy atom. The van der Waals surface area contributed by atoms with Crippen LogP contribution in [0.1, 0.15) is 46.9 Å². The fourth-order valence-electron chi connectivity index (χ4n) is 5.00. The van der Waals surface area contributed by atoms with Crippen molar-refractivity contribution in [1.82, 2.24) is 10.2 Å². The van der Waals surface area contributed by atoms with Crippen molar-refractivity contribution in [2.75, 3.05) is 11.9 Å². The van der Waals surface area contributed by atoms with Crippen LogP contribution in [0.4, 0.5) is 9.80 Å². The van der Waals surface area contributed by atoms with Crippen LogP contribution in [0.2, 0.25) is 0 Å². The Hall–Kier alpha value is -3.18. The molecule has 3 aliphatic rings. The first-order valence-corrected chi connectivity index (χ1v) is 11.3. The number of carbonyl (C=O) groups excluding carboxylic acids is 3. The van der Waals surface area contributed by atoms with E-state index in [0.717, 1.165) is 45.7 Å². The minimum atomic E-state index is -1.08. The molecular weight excluding hydrogens is 412 g/mol. The number of fused-ring (bicyclic) bond motifs is 3. The van der Waals surface area contributed by atoms with Gasteiger partial charge in [-0.05, 0) is 54.7 Å². The normalized spacial score (nSPS) is 24.0. The highest BCUT2D eigenvalue weighted by atomic mass is 32.1. The number of amides is 4. The molecule has 31 heavy (non-hydrogen) atoms. The summed E-state index contributed by atoms with van der Waals surface area (Å²) in [5.41, 5.74) is 2.31. The summed E-state index contributed by atoms with van der Waals surface area (Å²) in [4.78, 5) is 40.7. The molecule has 1 aromatic heterocycles. The molecule has 7 nitrogen and oxygen atoms in total. The van der Waals surface area contributed by atoms with E-state index in [2.05, 4.69) is 23.6 Å². The molecule has 1 spiro atoms. The van der Waals surface area contributed by atoms with E-state index in [0.29, 0.717) is 29.3 Å². The molecule has 2 heterocycles. The molecule has 4 amide bonds. The standard InChI is InChI=1S/C23H22N4O3S/c1-13-6-7-15-16(11-24)20(31-18(15)10-13)25-19(28)12-27-21(29)23(26-22(27)30)9-8-14-4-2-3-5-17(14)23/h2-5,13H,6-10,12H2,1H3,(H,25,28)(H,26,30)/t13-,23+/m0/s1. The van der Waals surface area contributed by atoms with Crippen molar-refractivity contribution < 1.29 is 14.4 Å². The highest BCUT2D eigenvalue weighted by Crippen LogP contribution is 2.42. The van der Waals surface area contributed by atoms with Gasteiger partial charge in [0.2, 0.25) is 5.91 Å². The lowest BCUT2D eigenvalue weighted by Crippen LogP contribution is -2.42. The first-order valence-electron chi connectivity index (χ1n) is 10.5. The van der Waals surface area contributed by atoms with E-state index >= 15 is 0 Å². The summed E-state index contributed by atoms with van der Waals surface area (Å²) in [6.07, 6.45) is 3.95.